The summed E-state index contributed by atoms with van der Waals surface area (Å²) in [5.74, 6) is -0.502. The number of nitrogens with one attached hydrogen (secondary N) is 1. The van der Waals surface area contributed by atoms with Crippen LogP contribution in [0.4, 0.5) is 0 Å². The van der Waals surface area contributed by atoms with Crippen LogP contribution in [0.5, 0.6) is 0 Å². The highest BCUT2D eigenvalue weighted by Crippen LogP contribution is 2.22. The molecule has 0 unspecified atom stereocenters. The monoisotopic (exact) mass is 477 g/mol. The molecule has 1 N–H and O–H groups in total. The Labute approximate surface area is 199 Å². The lowest BCUT2D eigenvalue weighted by molar-refractivity contribution is 0.0526. The van der Waals surface area contributed by atoms with Gasteiger partial charge in [-0.1, -0.05) is 12.1 Å². The van der Waals surface area contributed by atoms with E-state index < -0.39 is 0 Å². The largest absolute Gasteiger partial charge is 0.462 e. The summed E-state index contributed by atoms with van der Waals surface area (Å²) >= 11 is 1.31. The summed E-state index contributed by atoms with van der Waals surface area (Å²) in [6.07, 6.45) is 4.15. The highest BCUT2D eigenvalue weighted by molar-refractivity contribution is 7.16. The number of esters is 1. The van der Waals surface area contributed by atoms with Crippen LogP contribution in [-0.2, 0) is 29.1 Å². The number of carbonyl (C=O) groups is 2. The Bertz CT molecular complexity index is 1350. The van der Waals surface area contributed by atoms with E-state index in [-0.39, 0.29) is 36.2 Å². The van der Waals surface area contributed by atoms with Crippen LogP contribution < -0.4 is 5.56 Å². The molecule has 8 nitrogen and oxygen atoms in total. The number of thiophene rings is 1. The van der Waals surface area contributed by atoms with Gasteiger partial charge in [-0.05, 0) is 54.1 Å². The fourth-order valence-electron chi connectivity index (χ4n) is 3.40. The van der Waals surface area contributed by atoms with E-state index in [1.54, 1.807) is 43.6 Å². The van der Waals surface area contributed by atoms with E-state index in [2.05, 4.69) is 15.0 Å². The van der Waals surface area contributed by atoms with E-state index in [9.17, 15) is 14.4 Å². The molecule has 9 heteroatoms. The smallest absolute Gasteiger partial charge is 0.338 e. The fourth-order valence-corrected chi connectivity index (χ4v) is 4.33. The van der Waals surface area contributed by atoms with Gasteiger partial charge in [0.1, 0.15) is 4.83 Å². The molecule has 3 aromatic heterocycles. The van der Waals surface area contributed by atoms with Gasteiger partial charge in [-0.15, -0.1) is 11.3 Å². The first-order chi connectivity index (χ1) is 16.5. The van der Waals surface area contributed by atoms with Gasteiger partial charge in [-0.2, -0.15) is 0 Å². The zero-order chi connectivity index (χ0) is 23.9. The molecule has 0 aliphatic rings. The zero-order valence-corrected chi connectivity index (χ0v) is 19.4. The number of benzene rings is 1. The van der Waals surface area contributed by atoms with Crippen LogP contribution >= 0.6 is 11.3 Å². The first kappa shape index (κ1) is 23.5. The van der Waals surface area contributed by atoms with Crippen molar-refractivity contribution < 1.29 is 19.1 Å². The Morgan fingerprint density at radius 1 is 1.03 bits per heavy atom. The maximum Gasteiger partial charge on any atom is 0.338 e. The van der Waals surface area contributed by atoms with Gasteiger partial charge in [-0.3, -0.25) is 14.6 Å². The van der Waals surface area contributed by atoms with Crippen molar-refractivity contribution in [2.45, 2.75) is 33.0 Å². The first-order valence-electron chi connectivity index (χ1n) is 10.8. The molecule has 4 rings (SSSR count). The normalized spacial score (nSPS) is 11.0. The Morgan fingerprint density at radius 3 is 2.53 bits per heavy atom. The molecule has 3 heterocycles. The highest BCUT2D eigenvalue weighted by Gasteiger charge is 2.16. The zero-order valence-electron chi connectivity index (χ0n) is 18.6. The van der Waals surface area contributed by atoms with E-state index in [0.717, 1.165) is 11.1 Å². The first-order valence-corrected chi connectivity index (χ1v) is 11.7. The number of aryl methyl sites for hydroxylation is 1. The second-order valence-electron chi connectivity index (χ2n) is 7.54. The average Bonchev–Trinajstić information content (AvgIpc) is 3.27. The molecule has 0 radical (unpaired) electrons. The number of Topliss-reactive ketones (excluding diaryl/α,β-unsaturated/α-hetero) is 1. The molecule has 0 bridgehead atoms. The summed E-state index contributed by atoms with van der Waals surface area (Å²) in [5, 5.41) is 2.26. The van der Waals surface area contributed by atoms with Crippen LogP contribution in [-0.4, -0.2) is 33.3 Å². The Balaban J connectivity index is 1.38. The van der Waals surface area contributed by atoms with Gasteiger partial charge in [0, 0.05) is 24.4 Å². The average molecular weight is 478 g/mol. The number of pyridine rings is 1. The van der Waals surface area contributed by atoms with Crippen molar-refractivity contribution in [1.29, 1.82) is 0 Å². The predicted molar refractivity (Wildman–Crippen MR) is 128 cm³/mol. The van der Waals surface area contributed by atoms with E-state index in [4.69, 9.17) is 9.47 Å². The molecule has 0 amide bonds. The molecule has 0 aliphatic heterocycles. The van der Waals surface area contributed by atoms with Crippen molar-refractivity contribution in [3.8, 4) is 0 Å². The van der Waals surface area contributed by atoms with Gasteiger partial charge in [0.2, 0.25) is 0 Å². The van der Waals surface area contributed by atoms with E-state index >= 15 is 0 Å². The van der Waals surface area contributed by atoms with Crippen molar-refractivity contribution in [3.05, 3.63) is 92.6 Å². The summed E-state index contributed by atoms with van der Waals surface area (Å²) in [5.41, 5.74) is 2.74. The number of nitrogens with zero attached hydrogens (tertiary/aromatic N) is 2. The summed E-state index contributed by atoms with van der Waals surface area (Å²) in [7, 11) is 0. The van der Waals surface area contributed by atoms with Crippen LogP contribution in [0.25, 0.3) is 10.2 Å². The molecular weight excluding hydrogens is 454 g/mol. The summed E-state index contributed by atoms with van der Waals surface area (Å²) in [6.45, 7) is 2.63. The van der Waals surface area contributed by atoms with Crippen LogP contribution in [0.2, 0.25) is 0 Å². The van der Waals surface area contributed by atoms with Crippen molar-refractivity contribution in [1.82, 2.24) is 15.0 Å². The number of rotatable bonds is 10. The SMILES string of the molecule is CCOC(=O)c1ccc(COCc2csc3nc(C(=O)CCc4ccncc4)[nH]c(=O)c23)cc1. The van der Waals surface area contributed by atoms with Gasteiger partial charge < -0.3 is 14.5 Å². The standard InChI is InChI=1S/C25H23N3O5S/c1-2-33-25(31)18-6-3-17(4-7-18)13-32-14-19-15-34-24-21(19)23(30)27-22(28-24)20(29)8-5-16-9-11-26-12-10-16/h3-4,6-7,9-12,15H,2,5,8,13-14H2,1H3,(H,27,28,30). The topological polar surface area (TPSA) is 111 Å². The molecule has 34 heavy (non-hydrogen) atoms. The van der Waals surface area contributed by atoms with Crippen LogP contribution in [0, 0.1) is 0 Å². The number of aromatic nitrogens is 3. The number of hydrogen-bond acceptors (Lipinski definition) is 8. The number of ether oxygens (including phenoxy) is 2. The minimum atomic E-state index is -0.360. The number of hydrogen-bond donors (Lipinski definition) is 1. The molecule has 0 saturated heterocycles. The third-order valence-electron chi connectivity index (χ3n) is 5.17. The number of H-pyrrole nitrogens is 1. The highest BCUT2D eigenvalue weighted by atomic mass is 32.1. The van der Waals surface area contributed by atoms with E-state index in [0.29, 0.717) is 41.0 Å². The third-order valence-corrected chi connectivity index (χ3v) is 6.09. The van der Waals surface area contributed by atoms with Gasteiger partial charge in [0.05, 0.1) is 30.8 Å². The van der Waals surface area contributed by atoms with Gasteiger partial charge >= 0.3 is 5.97 Å². The summed E-state index contributed by atoms with van der Waals surface area (Å²) in [4.78, 5) is 48.5. The van der Waals surface area contributed by atoms with Gasteiger partial charge in [-0.25, -0.2) is 9.78 Å². The second kappa shape index (κ2) is 11.0. The Kier molecular flexibility index (Phi) is 7.56. The molecular formula is C25H23N3O5S. The van der Waals surface area contributed by atoms with Crippen LogP contribution in [0.1, 0.15) is 51.0 Å². The fraction of sp³-hybridized carbons (Fsp3) is 0.240. The number of fused-ring (bicyclic) bond motifs is 1. The predicted octanol–water partition coefficient (Wildman–Crippen LogP) is 4.09. The third kappa shape index (κ3) is 5.62. The van der Waals surface area contributed by atoms with Gasteiger partial charge in [0.15, 0.2) is 11.6 Å². The molecule has 174 valence electrons. The van der Waals surface area contributed by atoms with Crippen molar-refractivity contribution in [3.63, 3.8) is 0 Å². The number of aromatic amines is 1. The van der Waals surface area contributed by atoms with Crippen molar-refractivity contribution in [2.75, 3.05) is 6.61 Å². The Morgan fingerprint density at radius 2 is 1.79 bits per heavy atom. The number of carbonyl (C=O) groups excluding carboxylic acids is 2. The quantitative estimate of drug-likeness (QED) is 0.270. The maximum atomic E-state index is 12.7. The molecule has 0 atom stereocenters. The second-order valence-corrected chi connectivity index (χ2v) is 8.40. The lowest BCUT2D eigenvalue weighted by Gasteiger charge is -2.06. The molecule has 0 spiro atoms. The molecule has 0 fully saturated rings. The molecule has 0 saturated carbocycles. The molecule has 4 aromatic rings. The lowest BCUT2D eigenvalue weighted by Crippen LogP contribution is -2.16. The molecule has 1 aromatic carbocycles. The summed E-state index contributed by atoms with van der Waals surface area (Å²) < 4.78 is 10.8. The van der Waals surface area contributed by atoms with Crippen molar-refractivity contribution in [2.24, 2.45) is 0 Å². The Hall–Kier alpha value is -3.69. The van der Waals surface area contributed by atoms with E-state index in [1.807, 2.05) is 17.5 Å². The maximum absolute atomic E-state index is 12.7. The van der Waals surface area contributed by atoms with Crippen molar-refractivity contribution >= 4 is 33.3 Å². The van der Waals surface area contributed by atoms with E-state index in [1.165, 1.54) is 11.3 Å². The molecule has 0 aliphatic carbocycles. The van der Waals surface area contributed by atoms with Crippen LogP contribution in [0.15, 0.2) is 59.0 Å². The van der Waals surface area contributed by atoms with Crippen LogP contribution in [0.3, 0.4) is 0 Å². The summed E-state index contributed by atoms with van der Waals surface area (Å²) in [6, 6.07) is 10.7. The minimum Gasteiger partial charge on any atom is -0.462 e. The van der Waals surface area contributed by atoms with Gasteiger partial charge in [0.25, 0.3) is 5.56 Å². The lowest BCUT2D eigenvalue weighted by atomic mass is 10.1. The minimum absolute atomic E-state index is 0.0718. The number of ketones is 1.